The summed E-state index contributed by atoms with van der Waals surface area (Å²) in [6.45, 7) is 6.09. The normalized spacial score (nSPS) is 11.9. The Morgan fingerprint density at radius 2 is 2.30 bits per heavy atom. The SMILES string of the molecule is CCN(CCC(=O)Nc1cccc(N)c1)CC(C)C#N. The molecule has 5 nitrogen and oxygen atoms in total. The van der Waals surface area contributed by atoms with Crippen LogP contribution in [0.25, 0.3) is 0 Å². The Balaban J connectivity index is 2.40. The average molecular weight is 274 g/mol. The van der Waals surface area contributed by atoms with Crippen LogP contribution in [0, 0.1) is 17.2 Å². The van der Waals surface area contributed by atoms with Crippen LogP contribution < -0.4 is 11.1 Å². The topological polar surface area (TPSA) is 82.2 Å². The van der Waals surface area contributed by atoms with E-state index in [-0.39, 0.29) is 11.8 Å². The fourth-order valence-corrected chi connectivity index (χ4v) is 1.91. The first-order chi connectivity index (χ1) is 9.55. The van der Waals surface area contributed by atoms with Crippen molar-refractivity contribution in [1.29, 1.82) is 5.26 Å². The van der Waals surface area contributed by atoms with Crippen LogP contribution >= 0.6 is 0 Å². The lowest BCUT2D eigenvalue weighted by Crippen LogP contribution is -2.31. The molecule has 3 N–H and O–H groups in total. The molecule has 5 heteroatoms. The number of nitrogens with one attached hydrogen (secondary N) is 1. The number of rotatable bonds is 7. The van der Waals surface area contributed by atoms with Crippen molar-refractivity contribution < 1.29 is 4.79 Å². The first-order valence-electron chi connectivity index (χ1n) is 6.82. The molecule has 0 aromatic heterocycles. The molecule has 0 saturated heterocycles. The summed E-state index contributed by atoms with van der Waals surface area (Å²) in [4.78, 5) is 14.0. The van der Waals surface area contributed by atoms with Gasteiger partial charge in [0, 0.05) is 30.9 Å². The van der Waals surface area contributed by atoms with Crippen LogP contribution in [0.2, 0.25) is 0 Å². The molecule has 1 atom stereocenters. The molecule has 0 aliphatic carbocycles. The third-order valence-electron chi connectivity index (χ3n) is 3.03. The van der Waals surface area contributed by atoms with E-state index in [4.69, 9.17) is 11.0 Å². The van der Waals surface area contributed by atoms with E-state index < -0.39 is 0 Å². The van der Waals surface area contributed by atoms with Crippen molar-refractivity contribution in [1.82, 2.24) is 4.90 Å². The van der Waals surface area contributed by atoms with Crippen molar-refractivity contribution in [3.05, 3.63) is 24.3 Å². The van der Waals surface area contributed by atoms with Gasteiger partial charge in [-0.15, -0.1) is 0 Å². The third-order valence-corrected chi connectivity index (χ3v) is 3.03. The molecule has 0 aliphatic rings. The van der Waals surface area contributed by atoms with Crippen molar-refractivity contribution in [2.45, 2.75) is 20.3 Å². The number of nitrogens with two attached hydrogens (primary N) is 1. The van der Waals surface area contributed by atoms with Gasteiger partial charge in [0.2, 0.25) is 5.91 Å². The lowest BCUT2D eigenvalue weighted by Gasteiger charge is -2.21. The molecule has 1 unspecified atom stereocenters. The highest BCUT2D eigenvalue weighted by atomic mass is 16.1. The van der Waals surface area contributed by atoms with Gasteiger partial charge < -0.3 is 16.0 Å². The molecule has 1 aromatic rings. The van der Waals surface area contributed by atoms with Crippen molar-refractivity contribution in [2.24, 2.45) is 5.92 Å². The first kappa shape index (κ1) is 16.0. The number of anilines is 2. The fraction of sp³-hybridized carbons (Fsp3) is 0.467. The Kier molecular flexibility index (Phi) is 6.54. The molecular weight excluding hydrogens is 252 g/mol. The Hall–Kier alpha value is -2.06. The number of amides is 1. The second kappa shape index (κ2) is 8.18. The van der Waals surface area contributed by atoms with E-state index >= 15 is 0 Å². The van der Waals surface area contributed by atoms with Gasteiger partial charge in [-0.1, -0.05) is 13.0 Å². The van der Waals surface area contributed by atoms with Gasteiger partial charge in [0.1, 0.15) is 0 Å². The highest BCUT2D eigenvalue weighted by Gasteiger charge is 2.10. The Morgan fingerprint density at radius 3 is 2.90 bits per heavy atom. The molecule has 0 saturated carbocycles. The molecule has 108 valence electrons. The van der Waals surface area contributed by atoms with Crippen molar-refractivity contribution in [3.63, 3.8) is 0 Å². The van der Waals surface area contributed by atoms with Gasteiger partial charge >= 0.3 is 0 Å². The number of hydrogen-bond acceptors (Lipinski definition) is 4. The zero-order valence-electron chi connectivity index (χ0n) is 12.1. The first-order valence-corrected chi connectivity index (χ1v) is 6.82. The lowest BCUT2D eigenvalue weighted by atomic mass is 10.2. The summed E-state index contributed by atoms with van der Waals surface area (Å²) in [5.41, 5.74) is 7.00. The third kappa shape index (κ3) is 5.72. The number of carbonyl (C=O) groups excluding carboxylic acids is 1. The molecule has 1 aromatic carbocycles. The van der Waals surface area contributed by atoms with Gasteiger partial charge in [0.25, 0.3) is 0 Å². The van der Waals surface area contributed by atoms with Gasteiger partial charge in [-0.2, -0.15) is 5.26 Å². The van der Waals surface area contributed by atoms with E-state index in [2.05, 4.69) is 16.3 Å². The zero-order valence-corrected chi connectivity index (χ0v) is 12.1. The van der Waals surface area contributed by atoms with Crippen LogP contribution in [0.15, 0.2) is 24.3 Å². The highest BCUT2D eigenvalue weighted by Crippen LogP contribution is 2.12. The van der Waals surface area contributed by atoms with Crippen LogP contribution in [0.5, 0.6) is 0 Å². The lowest BCUT2D eigenvalue weighted by molar-refractivity contribution is -0.116. The average Bonchev–Trinajstić information content (AvgIpc) is 2.43. The maximum absolute atomic E-state index is 11.9. The molecule has 0 aliphatic heterocycles. The molecule has 0 heterocycles. The second-order valence-corrected chi connectivity index (χ2v) is 4.85. The molecule has 0 bridgehead atoms. The van der Waals surface area contributed by atoms with Crippen LogP contribution in [-0.4, -0.2) is 30.4 Å². The zero-order chi connectivity index (χ0) is 15.0. The molecule has 0 radical (unpaired) electrons. The predicted molar refractivity (Wildman–Crippen MR) is 81.0 cm³/mol. The van der Waals surface area contributed by atoms with Crippen molar-refractivity contribution in [3.8, 4) is 6.07 Å². The molecule has 1 amide bonds. The molecule has 0 fully saturated rings. The van der Waals surface area contributed by atoms with E-state index in [1.54, 1.807) is 18.2 Å². The van der Waals surface area contributed by atoms with E-state index in [9.17, 15) is 4.79 Å². The number of carbonyl (C=O) groups is 1. The maximum Gasteiger partial charge on any atom is 0.225 e. The van der Waals surface area contributed by atoms with Gasteiger partial charge in [0.05, 0.1) is 12.0 Å². The minimum atomic E-state index is -0.0429. The standard InChI is InChI=1S/C15H22N4O/c1-3-19(11-12(2)10-16)8-7-15(20)18-14-6-4-5-13(17)9-14/h4-6,9,12H,3,7-8,11,17H2,1-2H3,(H,18,20). The molecule has 20 heavy (non-hydrogen) atoms. The van der Waals surface area contributed by atoms with E-state index in [0.29, 0.717) is 30.9 Å². The minimum Gasteiger partial charge on any atom is -0.399 e. The van der Waals surface area contributed by atoms with E-state index in [1.165, 1.54) is 0 Å². The summed E-state index contributed by atoms with van der Waals surface area (Å²) < 4.78 is 0. The Labute approximate surface area is 120 Å². The number of benzene rings is 1. The largest absolute Gasteiger partial charge is 0.399 e. The fourth-order valence-electron chi connectivity index (χ4n) is 1.91. The number of hydrogen-bond donors (Lipinski definition) is 2. The van der Waals surface area contributed by atoms with E-state index in [0.717, 1.165) is 6.54 Å². The van der Waals surface area contributed by atoms with Crippen LogP contribution in [0.3, 0.4) is 0 Å². The summed E-state index contributed by atoms with van der Waals surface area (Å²) in [7, 11) is 0. The maximum atomic E-state index is 11.9. The number of nitrogens with zero attached hydrogens (tertiary/aromatic N) is 2. The summed E-state index contributed by atoms with van der Waals surface area (Å²) in [6.07, 6.45) is 0.404. The van der Waals surface area contributed by atoms with Gasteiger partial charge in [0.15, 0.2) is 0 Å². The summed E-state index contributed by atoms with van der Waals surface area (Å²) >= 11 is 0. The molecule has 0 spiro atoms. The molecule has 1 rings (SSSR count). The Morgan fingerprint density at radius 1 is 1.55 bits per heavy atom. The highest BCUT2D eigenvalue weighted by molar-refractivity contribution is 5.91. The van der Waals surface area contributed by atoms with Gasteiger partial charge in [-0.3, -0.25) is 4.79 Å². The summed E-state index contributed by atoms with van der Waals surface area (Å²) in [6, 6.07) is 9.32. The molecular formula is C15H22N4O. The van der Waals surface area contributed by atoms with Gasteiger partial charge in [-0.25, -0.2) is 0 Å². The number of nitrogen functional groups attached to an aromatic ring is 1. The van der Waals surface area contributed by atoms with E-state index in [1.807, 2.05) is 19.9 Å². The summed E-state index contributed by atoms with van der Waals surface area (Å²) in [5, 5.41) is 11.6. The number of nitriles is 1. The minimum absolute atomic E-state index is 0.0214. The van der Waals surface area contributed by atoms with Gasteiger partial charge in [-0.05, 0) is 31.7 Å². The monoisotopic (exact) mass is 274 g/mol. The van der Waals surface area contributed by atoms with Crippen LogP contribution in [0.1, 0.15) is 20.3 Å². The van der Waals surface area contributed by atoms with Crippen LogP contribution in [0.4, 0.5) is 11.4 Å². The predicted octanol–water partition coefficient (Wildman–Crippen LogP) is 2.08. The Bertz CT molecular complexity index is 481. The quantitative estimate of drug-likeness (QED) is 0.746. The van der Waals surface area contributed by atoms with Crippen molar-refractivity contribution >= 4 is 17.3 Å². The van der Waals surface area contributed by atoms with Crippen LogP contribution in [-0.2, 0) is 4.79 Å². The second-order valence-electron chi connectivity index (χ2n) is 4.85. The smallest absolute Gasteiger partial charge is 0.225 e. The summed E-state index contributed by atoms with van der Waals surface area (Å²) in [5.74, 6) is -0.0643. The van der Waals surface area contributed by atoms with Crippen molar-refractivity contribution in [2.75, 3.05) is 30.7 Å².